The Kier molecular flexibility index (Phi) is 9.87. The second-order valence-electron chi connectivity index (χ2n) is 14.5. The molecule has 7 rings (SSSR count). The molecule has 1 aromatic heterocycles. The van der Waals surface area contributed by atoms with Crippen molar-refractivity contribution in [2.75, 3.05) is 13.7 Å². The lowest BCUT2D eigenvalue weighted by molar-refractivity contribution is -0.161. The third-order valence-corrected chi connectivity index (χ3v) is 12.7. The summed E-state index contributed by atoms with van der Waals surface area (Å²) in [5.74, 6) is -3.54. The molecule has 51 heavy (non-hydrogen) atoms. The molecule has 16 heteroatoms. The van der Waals surface area contributed by atoms with Crippen molar-refractivity contribution in [3.8, 4) is 11.4 Å². The van der Waals surface area contributed by atoms with Crippen molar-refractivity contribution in [3.05, 3.63) is 42.2 Å². The number of methoxy groups -OCH3 is 1. The number of tetrazole rings is 1. The van der Waals surface area contributed by atoms with E-state index in [4.69, 9.17) is 9.47 Å². The number of hydrogen-bond acceptors (Lipinski definition) is 11. The monoisotopic (exact) mass is 723 g/mol. The van der Waals surface area contributed by atoms with Gasteiger partial charge in [0.1, 0.15) is 29.4 Å². The summed E-state index contributed by atoms with van der Waals surface area (Å²) < 4.78 is 38.9. The van der Waals surface area contributed by atoms with Crippen LogP contribution in [0, 0.1) is 11.8 Å². The first-order valence-corrected chi connectivity index (χ1v) is 19.6. The molecule has 2 aliphatic heterocycles. The molecule has 1 aromatic carbocycles. The molecule has 2 aromatic rings. The van der Waals surface area contributed by atoms with Gasteiger partial charge in [-0.05, 0) is 100 Å². The van der Waals surface area contributed by atoms with E-state index in [9.17, 15) is 27.6 Å². The zero-order valence-corrected chi connectivity index (χ0v) is 29.6. The minimum atomic E-state index is -3.88. The number of carbonyl (C=O) groups is 4. The van der Waals surface area contributed by atoms with Crippen LogP contribution in [0.4, 0.5) is 0 Å². The lowest BCUT2D eigenvalue weighted by Gasteiger charge is -2.29. The number of nitrogens with one attached hydrogen (secondary N) is 2. The van der Waals surface area contributed by atoms with Crippen molar-refractivity contribution in [1.82, 2.24) is 35.1 Å². The molecular weight excluding hydrogens is 678 g/mol. The number of aromatic nitrogens is 4. The molecule has 0 bridgehead atoms. The number of rotatable bonds is 8. The highest BCUT2D eigenvalue weighted by Crippen LogP contribution is 2.46. The van der Waals surface area contributed by atoms with Gasteiger partial charge in [-0.15, -0.1) is 15.0 Å². The summed E-state index contributed by atoms with van der Waals surface area (Å²) in [5.41, 5.74) is -0.855. The summed E-state index contributed by atoms with van der Waals surface area (Å²) >= 11 is 0. The van der Waals surface area contributed by atoms with Gasteiger partial charge in [0.15, 0.2) is 5.82 Å². The fourth-order valence-electron chi connectivity index (χ4n) is 7.54. The smallest absolute Gasteiger partial charge is 0.318 e. The van der Waals surface area contributed by atoms with E-state index in [0.717, 1.165) is 38.5 Å². The summed E-state index contributed by atoms with van der Waals surface area (Å²) in [5, 5.41) is 15.3. The van der Waals surface area contributed by atoms with Crippen molar-refractivity contribution in [2.45, 2.75) is 112 Å². The Balaban J connectivity index is 1.18. The fourth-order valence-corrected chi connectivity index (χ4v) is 8.90. The van der Waals surface area contributed by atoms with Crippen LogP contribution in [0.5, 0.6) is 5.75 Å². The van der Waals surface area contributed by atoms with Gasteiger partial charge >= 0.3 is 5.97 Å². The van der Waals surface area contributed by atoms with Gasteiger partial charge in [0.25, 0.3) is 5.91 Å². The predicted octanol–water partition coefficient (Wildman–Crippen LogP) is 2.46. The van der Waals surface area contributed by atoms with E-state index >= 15 is 0 Å². The van der Waals surface area contributed by atoms with Gasteiger partial charge in [-0.25, -0.2) is 8.42 Å². The SMILES string of the molecule is COc1ccc(-n2nnc([C@@H]3C[C@H]4C(=O)N[C@]5(C(=O)NS(=O)(=O)C6CC6)C[C@@H]5/C=C\CCCCC[C@H](C(=O)OC5CCCC5)C(=O)N4C3)n2)cc1. The number of sulfonamides is 1. The molecule has 4 fully saturated rings. The molecule has 0 unspecified atom stereocenters. The molecule has 0 radical (unpaired) electrons. The molecule has 5 aliphatic rings. The van der Waals surface area contributed by atoms with Crippen molar-refractivity contribution < 1.29 is 37.1 Å². The van der Waals surface area contributed by atoms with Crippen LogP contribution < -0.4 is 14.8 Å². The highest BCUT2D eigenvalue weighted by Gasteiger charge is 2.62. The van der Waals surface area contributed by atoms with E-state index in [0.29, 0.717) is 42.9 Å². The van der Waals surface area contributed by atoms with Crippen molar-refractivity contribution >= 4 is 33.7 Å². The van der Waals surface area contributed by atoms with Gasteiger partial charge in [-0.1, -0.05) is 25.0 Å². The number of fused-ring (bicyclic) bond motifs is 2. The average Bonchev–Trinajstić information content (AvgIpc) is 3.86. The van der Waals surface area contributed by atoms with E-state index in [1.54, 1.807) is 31.4 Å². The van der Waals surface area contributed by atoms with Crippen LogP contribution in [0.3, 0.4) is 0 Å². The van der Waals surface area contributed by atoms with Crippen molar-refractivity contribution in [3.63, 3.8) is 0 Å². The number of amides is 3. The molecule has 3 saturated carbocycles. The van der Waals surface area contributed by atoms with Crippen LogP contribution in [0.25, 0.3) is 5.69 Å². The van der Waals surface area contributed by atoms with E-state index in [1.807, 2.05) is 12.2 Å². The van der Waals surface area contributed by atoms with E-state index in [1.165, 1.54) is 9.70 Å². The number of esters is 1. The van der Waals surface area contributed by atoms with Crippen LogP contribution in [0.15, 0.2) is 36.4 Å². The normalized spacial score (nSPS) is 29.5. The summed E-state index contributed by atoms with van der Waals surface area (Å²) in [6.45, 7) is 0.0387. The molecule has 274 valence electrons. The fraction of sp³-hybridized carbons (Fsp3) is 0.629. The number of allylic oxidation sites excluding steroid dienone is 1. The van der Waals surface area contributed by atoms with Gasteiger partial charge in [0.05, 0.1) is 18.0 Å². The molecule has 3 aliphatic carbocycles. The quantitative estimate of drug-likeness (QED) is 0.231. The standard InChI is InChI=1S/C35H45N7O8S/c1-49-25-15-13-24(14-16-25)42-38-30(37-40-42)22-19-29-31(43)36-35(34(46)39-51(47,48)27-17-18-27)20-23(35)9-5-3-2-4-6-12-28(32(44)41(29)21-22)33(45)50-26-10-7-8-11-26/h5,9,13-16,22-23,26-29H,2-4,6-8,10-12,17-21H2,1H3,(H,36,43)(H,39,46)/b9-5-/t22-,23+,28+,29+,35-/m1/s1. The molecule has 3 heterocycles. The lowest BCUT2D eigenvalue weighted by atomic mass is 9.98. The predicted molar refractivity (Wildman–Crippen MR) is 182 cm³/mol. The van der Waals surface area contributed by atoms with Gasteiger partial charge < -0.3 is 19.7 Å². The third kappa shape index (κ3) is 7.51. The van der Waals surface area contributed by atoms with E-state index < -0.39 is 68.3 Å². The van der Waals surface area contributed by atoms with Crippen LogP contribution >= 0.6 is 0 Å². The van der Waals surface area contributed by atoms with Crippen LogP contribution in [-0.2, 0) is 33.9 Å². The molecule has 1 saturated heterocycles. The Labute approximate surface area is 296 Å². The number of benzene rings is 1. The summed E-state index contributed by atoms with van der Waals surface area (Å²) in [6, 6.07) is 5.99. The topological polar surface area (TPSA) is 192 Å². The maximum Gasteiger partial charge on any atom is 0.318 e. The van der Waals surface area contributed by atoms with Crippen LogP contribution in [0.1, 0.15) is 95.2 Å². The average molecular weight is 724 g/mol. The molecule has 2 N–H and O–H groups in total. The minimum Gasteiger partial charge on any atom is -0.497 e. The zero-order valence-electron chi connectivity index (χ0n) is 28.7. The first-order chi connectivity index (χ1) is 24.6. The van der Waals surface area contributed by atoms with E-state index in [2.05, 4.69) is 25.4 Å². The van der Waals surface area contributed by atoms with Crippen molar-refractivity contribution in [2.24, 2.45) is 11.8 Å². The Hall–Kier alpha value is -4.34. The van der Waals surface area contributed by atoms with Gasteiger partial charge in [0.2, 0.25) is 21.8 Å². The maximum absolute atomic E-state index is 14.5. The Bertz CT molecular complexity index is 1790. The summed E-state index contributed by atoms with van der Waals surface area (Å²) in [6.07, 6.45) is 11.5. The highest BCUT2D eigenvalue weighted by molar-refractivity contribution is 7.91. The third-order valence-electron chi connectivity index (χ3n) is 10.8. The second kappa shape index (κ2) is 14.4. The zero-order chi connectivity index (χ0) is 35.8. The molecule has 5 atom stereocenters. The Morgan fingerprint density at radius 3 is 2.47 bits per heavy atom. The van der Waals surface area contributed by atoms with E-state index in [-0.39, 0.29) is 31.9 Å². The van der Waals surface area contributed by atoms with Crippen molar-refractivity contribution in [1.29, 1.82) is 0 Å². The maximum atomic E-state index is 14.5. The van der Waals surface area contributed by atoms with Gasteiger partial charge in [-0.3, -0.25) is 23.9 Å². The molecule has 15 nitrogen and oxygen atoms in total. The molecular formula is C35H45N7O8S. The van der Waals surface area contributed by atoms with Gasteiger partial charge in [0, 0.05) is 18.4 Å². The number of hydrogen-bond donors (Lipinski definition) is 2. The Morgan fingerprint density at radius 1 is 1.00 bits per heavy atom. The lowest BCUT2D eigenvalue weighted by Crippen LogP contribution is -2.57. The first-order valence-electron chi connectivity index (χ1n) is 18.1. The molecule has 3 amide bonds. The summed E-state index contributed by atoms with van der Waals surface area (Å²) in [4.78, 5) is 58.8. The number of nitrogens with zero attached hydrogens (tertiary/aromatic N) is 5. The van der Waals surface area contributed by atoms with Crippen LogP contribution in [-0.4, -0.2) is 93.8 Å². The highest BCUT2D eigenvalue weighted by atomic mass is 32.2. The second-order valence-corrected chi connectivity index (χ2v) is 16.4. The number of ether oxygens (including phenoxy) is 2. The minimum absolute atomic E-state index is 0.0387. The summed E-state index contributed by atoms with van der Waals surface area (Å²) in [7, 11) is -2.31. The Morgan fingerprint density at radius 2 is 1.75 bits per heavy atom. The van der Waals surface area contributed by atoms with Crippen LogP contribution in [0.2, 0.25) is 0 Å². The first kappa shape index (κ1) is 35.1. The number of carbonyl (C=O) groups excluding carboxylic acids is 4. The largest absolute Gasteiger partial charge is 0.497 e. The molecule has 0 spiro atoms. The van der Waals surface area contributed by atoms with Gasteiger partial charge in [-0.2, -0.15) is 0 Å².